The lowest BCUT2D eigenvalue weighted by Gasteiger charge is -2.11. The van der Waals surface area contributed by atoms with Crippen LogP contribution in [0.5, 0.6) is 5.75 Å². The lowest BCUT2D eigenvalue weighted by molar-refractivity contribution is -0.115. The molecule has 0 heterocycles. The molecule has 0 aliphatic heterocycles. The Morgan fingerprint density at radius 1 is 1.17 bits per heavy atom. The second kappa shape index (κ2) is 8.71. The van der Waals surface area contributed by atoms with Crippen LogP contribution in [-0.4, -0.2) is 18.6 Å². The molecule has 0 spiro atoms. The Labute approximate surface area is 148 Å². The van der Waals surface area contributed by atoms with Crippen LogP contribution in [0, 0.1) is 6.92 Å². The van der Waals surface area contributed by atoms with E-state index in [1.54, 1.807) is 6.07 Å². The van der Waals surface area contributed by atoms with Gasteiger partial charge in [-0.2, -0.15) is 0 Å². The highest BCUT2D eigenvalue weighted by atomic mass is 35.5. The summed E-state index contributed by atoms with van der Waals surface area (Å²) in [6, 6.07) is 13.3. The molecule has 4 nitrogen and oxygen atoms in total. The minimum absolute atomic E-state index is 0.102. The van der Waals surface area contributed by atoms with Crippen molar-refractivity contribution in [2.75, 3.05) is 11.9 Å². The van der Waals surface area contributed by atoms with Crippen molar-refractivity contribution < 1.29 is 9.53 Å². The van der Waals surface area contributed by atoms with E-state index in [1.807, 2.05) is 57.2 Å². The molecule has 0 atom stereocenters. The Balaban J connectivity index is 1.76. The van der Waals surface area contributed by atoms with Crippen LogP contribution in [0.4, 0.5) is 5.69 Å². The number of aryl methyl sites for hydroxylation is 1. The summed E-state index contributed by atoms with van der Waals surface area (Å²) in [7, 11) is 0. The van der Waals surface area contributed by atoms with Gasteiger partial charge in [0.1, 0.15) is 5.75 Å². The maximum absolute atomic E-state index is 11.9. The summed E-state index contributed by atoms with van der Waals surface area (Å²) in [6.45, 7) is 6.76. The zero-order valence-corrected chi connectivity index (χ0v) is 15.0. The largest absolute Gasteiger partial charge is 0.491 e. The first-order chi connectivity index (χ1) is 11.4. The number of nitrogens with one attached hydrogen (secondary N) is 2. The molecular weight excluding hydrogens is 324 g/mol. The van der Waals surface area contributed by atoms with Crippen molar-refractivity contribution in [1.82, 2.24) is 5.32 Å². The molecule has 0 aliphatic rings. The summed E-state index contributed by atoms with van der Waals surface area (Å²) in [5, 5.41) is 6.59. The fourth-order valence-electron chi connectivity index (χ4n) is 2.15. The number of carbonyl (C=O) groups excluding carboxylic acids is 1. The third kappa shape index (κ3) is 5.87. The van der Waals surface area contributed by atoms with Crippen LogP contribution < -0.4 is 15.4 Å². The Hall–Kier alpha value is -2.04. The molecule has 2 aromatic rings. The van der Waals surface area contributed by atoms with Crippen LogP contribution in [0.1, 0.15) is 25.0 Å². The van der Waals surface area contributed by atoms with Crippen LogP contribution >= 0.6 is 11.6 Å². The minimum atomic E-state index is -0.102. The molecule has 128 valence electrons. The first-order valence-corrected chi connectivity index (χ1v) is 8.34. The molecule has 0 fully saturated rings. The lowest BCUT2D eigenvalue weighted by Crippen LogP contribution is -2.27. The van der Waals surface area contributed by atoms with E-state index >= 15 is 0 Å². The van der Waals surface area contributed by atoms with Gasteiger partial charge in [0, 0.05) is 17.3 Å². The highest BCUT2D eigenvalue weighted by molar-refractivity contribution is 6.31. The van der Waals surface area contributed by atoms with Crippen LogP contribution in [0.2, 0.25) is 5.02 Å². The van der Waals surface area contributed by atoms with Crippen molar-refractivity contribution in [3.63, 3.8) is 0 Å². The Kier molecular flexibility index (Phi) is 6.64. The van der Waals surface area contributed by atoms with Gasteiger partial charge in [-0.3, -0.25) is 4.79 Å². The van der Waals surface area contributed by atoms with Crippen molar-refractivity contribution in [3.8, 4) is 5.75 Å². The number of rotatable bonds is 7. The third-order valence-electron chi connectivity index (χ3n) is 3.37. The number of hydrogen-bond donors (Lipinski definition) is 2. The first kappa shape index (κ1) is 18.3. The van der Waals surface area contributed by atoms with E-state index in [0.717, 1.165) is 16.9 Å². The van der Waals surface area contributed by atoms with Gasteiger partial charge in [-0.05, 0) is 56.2 Å². The average molecular weight is 347 g/mol. The fourth-order valence-corrected chi connectivity index (χ4v) is 2.33. The van der Waals surface area contributed by atoms with E-state index in [-0.39, 0.29) is 18.6 Å². The van der Waals surface area contributed by atoms with E-state index in [1.165, 1.54) is 0 Å². The molecule has 0 unspecified atom stereocenters. The van der Waals surface area contributed by atoms with Gasteiger partial charge < -0.3 is 15.4 Å². The molecule has 0 saturated carbocycles. The van der Waals surface area contributed by atoms with Gasteiger partial charge in [-0.1, -0.05) is 29.8 Å². The number of anilines is 1. The standard InChI is InChI=1S/C19H23ClN2O2/c1-13(2)24-17-8-5-15(6-9-17)11-21-12-19(23)22-16-7-4-14(3)18(20)10-16/h4-10,13,21H,11-12H2,1-3H3,(H,22,23). The summed E-state index contributed by atoms with van der Waals surface area (Å²) in [4.78, 5) is 11.9. The molecule has 1 amide bonds. The molecule has 0 aromatic heterocycles. The zero-order valence-electron chi connectivity index (χ0n) is 14.2. The Morgan fingerprint density at radius 3 is 2.50 bits per heavy atom. The SMILES string of the molecule is Cc1ccc(NC(=O)CNCc2ccc(OC(C)C)cc2)cc1Cl. The number of ether oxygens (including phenoxy) is 1. The summed E-state index contributed by atoms with van der Waals surface area (Å²) in [5.74, 6) is 0.748. The van der Waals surface area contributed by atoms with Gasteiger partial charge in [0.05, 0.1) is 12.6 Å². The molecule has 0 aliphatic carbocycles. The van der Waals surface area contributed by atoms with Gasteiger partial charge in [0.25, 0.3) is 0 Å². The van der Waals surface area contributed by atoms with Gasteiger partial charge in [-0.15, -0.1) is 0 Å². The molecule has 0 saturated heterocycles. The normalized spacial score (nSPS) is 10.7. The van der Waals surface area contributed by atoms with Gasteiger partial charge in [0.2, 0.25) is 5.91 Å². The van der Waals surface area contributed by atoms with Crippen molar-refractivity contribution >= 4 is 23.2 Å². The van der Waals surface area contributed by atoms with E-state index in [4.69, 9.17) is 16.3 Å². The second-order valence-electron chi connectivity index (χ2n) is 5.93. The fraction of sp³-hybridized carbons (Fsp3) is 0.316. The summed E-state index contributed by atoms with van der Waals surface area (Å²) in [6.07, 6.45) is 0.160. The zero-order chi connectivity index (χ0) is 17.5. The van der Waals surface area contributed by atoms with Gasteiger partial charge in [0.15, 0.2) is 0 Å². The van der Waals surface area contributed by atoms with Crippen molar-refractivity contribution in [2.45, 2.75) is 33.4 Å². The van der Waals surface area contributed by atoms with Crippen molar-refractivity contribution in [1.29, 1.82) is 0 Å². The van der Waals surface area contributed by atoms with Crippen molar-refractivity contribution in [2.24, 2.45) is 0 Å². The number of amides is 1. The second-order valence-corrected chi connectivity index (χ2v) is 6.33. The van der Waals surface area contributed by atoms with Crippen LogP contribution in [-0.2, 0) is 11.3 Å². The molecule has 0 radical (unpaired) electrons. The van der Waals surface area contributed by atoms with Crippen molar-refractivity contribution in [3.05, 3.63) is 58.6 Å². The molecule has 2 N–H and O–H groups in total. The topological polar surface area (TPSA) is 50.4 Å². The lowest BCUT2D eigenvalue weighted by atomic mass is 10.2. The molecule has 2 aromatic carbocycles. The van der Waals surface area contributed by atoms with E-state index in [0.29, 0.717) is 17.3 Å². The maximum atomic E-state index is 11.9. The summed E-state index contributed by atoms with van der Waals surface area (Å²) < 4.78 is 5.60. The number of benzene rings is 2. The highest BCUT2D eigenvalue weighted by Gasteiger charge is 2.04. The number of halogens is 1. The molecule has 2 rings (SSSR count). The van der Waals surface area contributed by atoms with Crippen LogP contribution in [0.3, 0.4) is 0 Å². The van der Waals surface area contributed by atoms with Crippen LogP contribution in [0.15, 0.2) is 42.5 Å². The first-order valence-electron chi connectivity index (χ1n) is 7.96. The van der Waals surface area contributed by atoms with E-state index < -0.39 is 0 Å². The van der Waals surface area contributed by atoms with E-state index in [9.17, 15) is 4.79 Å². The molecule has 5 heteroatoms. The van der Waals surface area contributed by atoms with Gasteiger partial charge in [-0.25, -0.2) is 0 Å². The maximum Gasteiger partial charge on any atom is 0.238 e. The number of hydrogen-bond acceptors (Lipinski definition) is 3. The number of carbonyl (C=O) groups is 1. The monoisotopic (exact) mass is 346 g/mol. The minimum Gasteiger partial charge on any atom is -0.491 e. The summed E-state index contributed by atoms with van der Waals surface area (Å²) in [5.41, 5.74) is 2.78. The Morgan fingerprint density at radius 2 is 1.88 bits per heavy atom. The smallest absolute Gasteiger partial charge is 0.238 e. The van der Waals surface area contributed by atoms with Gasteiger partial charge >= 0.3 is 0 Å². The average Bonchev–Trinajstić information content (AvgIpc) is 2.52. The molecule has 24 heavy (non-hydrogen) atoms. The summed E-state index contributed by atoms with van der Waals surface area (Å²) >= 11 is 6.05. The predicted octanol–water partition coefficient (Wildman–Crippen LogP) is 4.16. The van der Waals surface area contributed by atoms with Crippen LogP contribution in [0.25, 0.3) is 0 Å². The predicted molar refractivity (Wildman–Crippen MR) is 98.7 cm³/mol. The Bertz CT molecular complexity index is 684. The quantitative estimate of drug-likeness (QED) is 0.791. The molecule has 0 bridgehead atoms. The van der Waals surface area contributed by atoms with E-state index in [2.05, 4.69) is 10.6 Å². The third-order valence-corrected chi connectivity index (χ3v) is 3.77. The highest BCUT2D eigenvalue weighted by Crippen LogP contribution is 2.19. The molecular formula is C19H23ClN2O2.